The molecule has 2 atom stereocenters. The van der Waals surface area contributed by atoms with Crippen molar-refractivity contribution in [2.45, 2.75) is 44.9 Å². The van der Waals surface area contributed by atoms with Crippen LogP contribution in [0.1, 0.15) is 50.9 Å². The molecule has 1 aromatic heterocycles. The molecule has 1 saturated carbocycles. The fraction of sp³-hybridized carbons (Fsp3) is 0.471. The molecule has 2 aliphatic carbocycles. The summed E-state index contributed by atoms with van der Waals surface area (Å²) in [6, 6.07) is 5.00. The number of benzene rings is 1. The summed E-state index contributed by atoms with van der Waals surface area (Å²) < 4.78 is 0. The smallest absolute Gasteiger partial charge is 0.140 e. The maximum atomic E-state index is 9.70. The summed E-state index contributed by atoms with van der Waals surface area (Å²) in [6.07, 6.45) is 2.41. The molecule has 1 heterocycles. The highest BCUT2D eigenvalue weighted by Crippen LogP contribution is 2.67. The van der Waals surface area contributed by atoms with E-state index in [2.05, 4.69) is 25.8 Å². The molecule has 2 bridgehead atoms. The van der Waals surface area contributed by atoms with Crippen LogP contribution in [0.5, 0.6) is 5.75 Å². The number of phenolic OH excluding ortho intramolecular Hbond substituents is 1. The fourth-order valence-corrected chi connectivity index (χ4v) is 4.37. The number of nitrogens with two attached hydrogens (primary N) is 1. The Bertz CT molecular complexity index is 746. The second kappa shape index (κ2) is 3.62. The first-order valence-corrected chi connectivity index (χ1v) is 7.54. The lowest BCUT2D eigenvalue weighted by Gasteiger charge is -2.34. The van der Waals surface area contributed by atoms with Crippen LogP contribution in [0.25, 0.3) is 11.4 Å². The Balaban J connectivity index is 1.88. The van der Waals surface area contributed by atoms with Crippen molar-refractivity contribution in [3.8, 4) is 17.1 Å². The van der Waals surface area contributed by atoms with Gasteiger partial charge in [0.2, 0.25) is 0 Å². The summed E-state index contributed by atoms with van der Waals surface area (Å²) in [5, 5.41) is 9.70. The molecule has 2 aromatic rings. The lowest BCUT2D eigenvalue weighted by Crippen LogP contribution is -2.31. The van der Waals surface area contributed by atoms with Crippen LogP contribution in [0.2, 0.25) is 0 Å². The molecule has 4 nitrogen and oxygen atoms in total. The zero-order valence-electron chi connectivity index (χ0n) is 12.7. The first kappa shape index (κ1) is 12.7. The number of aromatic hydroxyl groups is 1. The number of nitrogens with one attached hydrogen (secondary N) is 1. The van der Waals surface area contributed by atoms with Crippen LogP contribution in [0.3, 0.4) is 0 Å². The van der Waals surface area contributed by atoms with Gasteiger partial charge in [0, 0.05) is 28.3 Å². The van der Waals surface area contributed by atoms with Crippen molar-refractivity contribution in [1.82, 2.24) is 9.97 Å². The number of anilines is 1. The molecule has 0 radical (unpaired) electrons. The van der Waals surface area contributed by atoms with Gasteiger partial charge in [-0.25, -0.2) is 4.98 Å². The molecule has 1 fully saturated rings. The lowest BCUT2D eigenvalue weighted by atomic mass is 9.70. The molecule has 4 rings (SSSR count). The van der Waals surface area contributed by atoms with Crippen molar-refractivity contribution >= 4 is 5.69 Å². The molecule has 2 aliphatic rings. The standard InChI is InChI=1S/C17H21N3O/c1-16(2)11-6-7-17(16,3)14-13(11)19-15(20-14)10-8-9(21)4-5-12(10)18/h4-5,8,11,21H,6-7,18H2,1-3H3,(H,19,20). The zero-order valence-corrected chi connectivity index (χ0v) is 12.7. The summed E-state index contributed by atoms with van der Waals surface area (Å²) in [5.41, 5.74) is 10.3. The Labute approximate surface area is 124 Å². The van der Waals surface area contributed by atoms with Gasteiger partial charge in [-0.05, 0) is 36.5 Å². The van der Waals surface area contributed by atoms with Crippen LogP contribution in [-0.4, -0.2) is 15.1 Å². The summed E-state index contributed by atoms with van der Waals surface area (Å²) in [6.45, 7) is 7.03. The molecule has 0 saturated heterocycles. The maximum absolute atomic E-state index is 9.70. The van der Waals surface area contributed by atoms with Gasteiger partial charge in [-0.2, -0.15) is 0 Å². The van der Waals surface area contributed by atoms with E-state index in [0.717, 1.165) is 11.4 Å². The summed E-state index contributed by atoms with van der Waals surface area (Å²) in [4.78, 5) is 8.35. The number of rotatable bonds is 1. The van der Waals surface area contributed by atoms with Gasteiger partial charge in [-0.15, -0.1) is 0 Å². The first-order valence-electron chi connectivity index (χ1n) is 7.54. The maximum Gasteiger partial charge on any atom is 0.140 e. The Morgan fingerprint density at radius 1 is 1.33 bits per heavy atom. The van der Waals surface area contributed by atoms with Crippen LogP contribution < -0.4 is 5.73 Å². The number of nitrogens with zero attached hydrogens (tertiary/aromatic N) is 1. The Kier molecular flexibility index (Phi) is 2.19. The van der Waals surface area contributed by atoms with Crippen molar-refractivity contribution in [1.29, 1.82) is 0 Å². The van der Waals surface area contributed by atoms with E-state index in [1.165, 1.54) is 24.2 Å². The van der Waals surface area contributed by atoms with E-state index >= 15 is 0 Å². The van der Waals surface area contributed by atoms with E-state index in [9.17, 15) is 5.11 Å². The molecule has 110 valence electrons. The van der Waals surface area contributed by atoms with E-state index in [4.69, 9.17) is 10.7 Å². The number of phenols is 1. The van der Waals surface area contributed by atoms with E-state index in [1.54, 1.807) is 18.2 Å². The predicted octanol–water partition coefficient (Wildman–Crippen LogP) is 3.54. The van der Waals surface area contributed by atoms with E-state index in [-0.39, 0.29) is 16.6 Å². The monoisotopic (exact) mass is 283 g/mol. The topological polar surface area (TPSA) is 74.9 Å². The van der Waals surface area contributed by atoms with Gasteiger partial charge in [0.15, 0.2) is 0 Å². The number of aromatic amines is 1. The number of aromatic nitrogens is 2. The van der Waals surface area contributed by atoms with Crippen molar-refractivity contribution in [3.05, 3.63) is 29.6 Å². The normalized spacial score (nSPS) is 28.8. The molecule has 21 heavy (non-hydrogen) atoms. The Hall–Kier alpha value is -1.97. The van der Waals surface area contributed by atoms with Gasteiger partial charge in [-0.3, -0.25) is 0 Å². The molecule has 0 amide bonds. The molecule has 0 aliphatic heterocycles. The lowest BCUT2D eigenvalue weighted by molar-refractivity contribution is 0.226. The van der Waals surface area contributed by atoms with Gasteiger partial charge in [0.05, 0.1) is 5.69 Å². The second-order valence-electron chi connectivity index (χ2n) is 7.26. The summed E-state index contributed by atoms with van der Waals surface area (Å²) in [5.74, 6) is 1.53. The van der Waals surface area contributed by atoms with Crippen molar-refractivity contribution < 1.29 is 5.11 Å². The highest BCUT2D eigenvalue weighted by Gasteiger charge is 2.61. The summed E-state index contributed by atoms with van der Waals surface area (Å²) >= 11 is 0. The molecule has 2 unspecified atom stereocenters. The number of fused-ring (bicyclic) bond motifs is 5. The average Bonchev–Trinajstić information content (AvgIpc) is 2.99. The number of imidazole rings is 1. The molecule has 4 N–H and O–H groups in total. The molecular formula is C17H21N3O. The minimum absolute atomic E-state index is 0.132. The largest absolute Gasteiger partial charge is 0.508 e. The van der Waals surface area contributed by atoms with Gasteiger partial charge in [0.1, 0.15) is 11.6 Å². The first-order chi connectivity index (χ1) is 9.84. The molecule has 1 aromatic carbocycles. The molecule has 4 heteroatoms. The van der Waals surface area contributed by atoms with Crippen molar-refractivity contribution in [2.24, 2.45) is 5.41 Å². The summed E-state index contributed by atoms with van der Waals surface area (Å²) in [7, 11) is 0. The number of hydrogen-bond acceptors (Lipinski definition) is 3. The Morgan fingerprint density at radius 3 is 2.81 bits per heavy atom. The van der Waals surface area contributed by atoms with Crippen LogP contribution in [0, 0.1) is 5.41 Å². The zero-order chi connectivity index (χ0) is 15.0. The van der Waals surface area contributed by atoms with Crippen LogP contribution in [0.4, 0.5) is 5.69 Å². The van der Waals surface area contributed by atoms with Gasteiger partial charge in [-0.1, -0.05) is 20.8 Å². The van der Waals surface area contributed by atoms with E-state index in [0.29, 0.717) is 11.6 Å². The fourth-order valence-electron chi connectivity index (χ4n) is 4.37. The number of hydrogen-bond donors (Lipinski definition) is 3. The highest BCUT2D eigenvalue weighted by molar-refractivity contribution is 5.74. The third kappa shape index (κ3) is 1.38. The van der Waals surface area contributed by atoms with Gasteiger partial charge in [0.25, 0.3) is 0 Å². The van der Waals surface area contributed by atoms with Crippen LogP contribution >= 0.6 is 0 Å². The van der Waals surface area contributed by atoms with Crippen LogP contribution in [0.15, 0.2) is 18.2 Å². The van der Waals surface area contributed by atoms with Crippen molar-refractivity contribution in [2.75, 3.05) is 5.73 Å². The minimum Gasteiger partial charge on any atom is -0.508 e. The SMILES string of the molecule is CC12CCC(c3[nH]c(-c4cc(O)ccc4N)nc31)C2(C)C. The minimum atomic E-state index is 0.132. The van der Waals surface area contributed by atoms with Gasteiger partial charge >= 0.3 is 0 Å². The number of nitrogen functional groups attached to an aromatic ring is 1. The molecular weight excluding hydrogens is 262 g/mol. The molecule has 0 spiro atoms. The van der Waals surface area contributed by atoms with Crippen LogP contribution in [-0.2, 0) is 5.41 Å². The highest BCUT2D eigenvalue weighted by atomic mass is 16.3. The third-order valence-corrected chi connectivity index (χ3v) is 6.12. The van der Waals surface area contributed by atoms with E-state index in [1.807, 2.05) is 0 Å². The Morgan fingerprint density at radius 2 is 2.10 bits per heavy atom. The van der Waals surface area contributed by atoms with Crippen molar-refractivity contribution in [3.63, 3.8) is 0 Å². The number of H-pyrrole nitrogens is 1. The average molecular weight is 283 g/mol. The van der Waals surface area contributed by atoms with Gasteiger partial charge < -0.3 is 15.8 Å². The third-order valence-electron chi connectivity index (χ3n) is 6.12. The predicted molar refractivity (Wildman–Crippen MR) is 83.2 cm³/mol. The van der Waals surface area contributed by atoms with E-state index < -0.39 is 0 Å². The second-order valence-corrected chi connectivity index (χ2v) is 7.26. The quantitative estimate of drug-likeness (QED) is 0.553.